The third-order valence-electron chi connectivity index (χ3n) is 1.73. The van der Waals surface area contributed by atoms with Crippen molar-refractivity contribution < 1.29 is 0 Å². The number of rotatable bonds is 6. The molecule has 0 rings (SSSR count). The highest BCUT2D eigenvalue weighted by molar-refractivity contribution is 7.19. The molecule has 0 aliphatic carbocycles. The largest absolute Gasteiger partial charge is 0.330 e. The van der Waals surface area contributed by atoms with Crippen molar-refractivity contribution in [1.29, 1.82) is 0 Å². The van der Waals surface area contributed by atoms with Gasteiger partial charge in [0.1, 0.15) is 7.38 Å². The zero-order chi connectivity index (χ0) is 8.74. The number of hydrogen-bond acceptors (Lipinski definition) is 1. The van der Waals surface area contributed by atoms with Crippen LogP contribution in [0.15, 0.2) is 0 Å². The van der Waals surface area contributed by atoms with Gasteiger partial charge < -0.3 is 5.73 Å². The van der Waals surface area contributed by atoms with Crippen LogP contribution in [0.3, 0.4) is 0 Å². The molecular weight excluding hydrogens is 174 g/mol. The summed E-state index contributed by atoms with van der Waals surface area (Å²) in [6.07, 6.45) is 5.05. The summed E-state index contributed by atoms with van der Waals surface area (Å²) in [6, 6.07) is 1.25. The minimum Gasteiger partial charge on any atom is -0.330 e. The van der Waals surface area contributed by atoms with Crippen LogP contribution in [0.2, 0.25) is 19.1 Å². The molecule has 11 heavy (non-hydrogen) atoms. The highest BCUT2D eigenvalue weighted by Gasteiger charge is 2.15. The van der Waals surface area contributed by atoms with Crippen molar-refractivity contribution in [3.05, 3.63) is 0 Å². The Balaban J connectivity index is 3.02. The quantitative estimate of drug-likeness (QED) is 0.392. The first kappa shape index (κ1) is 11.5. The van der Waals surface area contributed by atoms with Crippen molar-refractivity contribution in [2.45, 2.75) is 44.8 Å². The van der Waals surface area contributed by atoms with Crippen molar-refractivity contribution in [3.63, 3.8) is 0 Å². The fourth-order valence-corrected chi connectivity index (χ4v) is 2.53. The second-order valence-corrected chi connectivity index (χ2v) is 10.7. The molecule has 0 radical (unpaired) electrons. The Hall–Kier alpha value is 0.467. The summed E-state index contributed by atoms with van der Waals surface area (Å²) in [5, 5.41) is 0. The van der Waals surface area contributed by atoms with Crippen LogP contribution in [-0.2, 0) is 0 Å². The van der Waals surface area contributed by atoms with Gasteiger partial charge in [-0.1, -0.05) is 32.4 Å². The van der Waals surface area contributed by atoms with Crippen LogP contribution in [0.1, 0.15) is 25.7 Å². The summed E-state index contributed by atoms with van der Waals surface area (Å²) in [6.45, 7) is 5.25. The van der Waals surface area contributed by atoms with Gasteiger partial charge in [-0.15, -0.1) is 0 Å². The maximum Gasteiger partial charge on any atom is 0.150 e. The normalized spacial score (nSPS) is 12.0. The van der Waals surface area contributed by atoms with E-state index in [2.05, 4.69) is 13.1 Å². The van der Waals surface area contributed by atoms with E-state index in [1.54, 1.807) is 0 Å². The minimum atomic E-state index is -1.28. The first-order valence-corrected chi connectivity index (χ1v) is 8.67. The molecule has 0 aliphatic heterocycles. The SMILES string of the molecule is C[Si](C)(Cl)CCCCCCN. The maximum absolute atomic E-state index is 6.16. The molecule has 3 heteroatoms. The summed E-state index contributed by atoms with van der Waals surface area (Å²) >= 11 is 6.16. The first-order chi connectivity index (χ1) is 5.06. The van der Waals surface area contributed by atoms with Gasteiger partial charge in [0.15, 0.2) is 0 Å². The Bertz CT molecular complexity index is 90.6. The van der Waals surface area contributed by atoms with Gasteiger partial charge in [-0.05, 0) is 19.0 Å². The van der Waals surface area contributed by atoms with E-state index >= 15 is 0 Å². The van der Waals surface area contributed by atoms with E-state index < -0.39 is 7.38 Å². The molecule has 0 aromatic rings. The van der Waals surface area contributed by atoms with Crippen molar-refractivity contribution in [3.8, 4) is 0 Å². The van der Waals surface area contributed by atoms with E-state index in [4.69, 9.17) is 16.8 Å². The molecule has 0 saturated carbocycles. The predicted octanol–water partition coefficient (Wildman–Crippen LogP) is 2.95. The number of halogens is 1. The maximum atomic E-state index is 6.16. The van der Waals surface area contributed by atoms with Crippen molar-refractivity contribution >= 4 is 18.5 Å². The van der Waals surface area contributed by atoms with Gasteiger partial charge in [0, 0.05) is 0 Å². The molecule has 0 bridgehead atoms. The van der Waals surface area contributed by atoms with Crippen LogP contribution in [0.25, 0.3) is 0 Å². The summed E-state index contributed by atoms with van der Waals surface area (Å²) in [7, 11) is -1.28. The third kappa shape index (κ3) is 10.5. The van der Waals surface area contributed by atoms with E-state index in [9.17, 15) is 0 Å². The van der Waals surface area contributed by atoms with Gasteiger partial charge in [0.25, 0.3) is 0 Å². The van der Waals surface area contributed by atoms with Crippen LogP contribution in [-0.4, -0.2) is 13.9 Å². The minimum absolute atomic E-state index is 0.835. The second kappa shape index (κ2) is 6.04. The number of unbranched alkanes of at least 4 members (excludes halogenated alkanes) is 3. The molecule has 0 aromatic carbocycles. The lowest BCUT2D eigenvalue weighted by atomic mass is 10.2. The Labute approximate surface area is 76.0 Å². The lowest BCUT2D eigenvalue weighted by Crippen LogP contribution is -2.15. The van der Waals surface area contributed by atoms with E-state index in [0.717, 1.165) is 6.54 Å². The van der Waals surface area contributed by atoms with Gasteiger partial charge in [0.2, 0.25) is 0 Å². The van der Waals surface area contributed by atoms with Crippen LogP contribution in [0.4, 0.5) is 0 Å². The van der Waals surface area contributed by atoms with E-state index in [0.29, 0.717) is 0 Å². The predicted molar refractivity (Wildman–Crippen MR) is 55.7 cm³/mol. The van der Waals surface area contributed by atoms with E-state index in [1.807, 2.05) is 0 Å². The van der Waals surface area contributed by atoms with Crippen LogP contribution in [0.5, 0.6) is 0 Å². The lowest BCUT2D eigenvalue weighted by molar-refractivity contribution is 0.671. The molecule has 0 amide bonds. The highest BCUT2D eigenvalue weighted by atomic mass is 35.6. The topological polar surface area (TPSA) is 26.0 Å². The van der Waals surface area contributed by atoms with Gasteiger partial charge in [-0.2, -0.15) is 11.1 Å². The Morgan fingerprint density at radius 1 is 1.09 bits per heavy atom. The van der Waals surface area contributed by atoms with Crippen LogP contribution < -0.4 is 5.73 Å². The molecule has 0 atom stereocenters. The molecular formula is C8H20ClNSi. The van der Waals surface area contributed by atoms with E-state index in [-0.39, 0.29) is 0 Å². The monoisotopic (exact) mass is 193 g/mol. The van der Waals surface area contributed by atoms with Crippen LogP contribution >= 0.6 is 11.1 Å². The third-order valence-corrected chi connectivity index (χ3v) is 3.83. The zero-order valence-corrected chi connectivity index (χ0v) is 9.45. The van der Waals surface area contributed by atoms with Crippen LogP contribution in [0, 0.1) is 0 Å². The molecule has 2 N–H and O–H groups in total. The number of hydrogen-bond donors (Lipinski definition) is 1. The fourth-order valence-electron chi connectivity index (χ4n) is 1.04. The molecule has 0 aliphatic rings. The molecule has 0 aromatic heterocycles. The zero-order valence-electron chi connectivity index (χ0n) is 7.70. The Morgan fingerprint density at radius 3 is 2.09 bits per heavy atom. The average molecular weight is 194 g/mol. The smallest absolute Gasteiger partial charge is 0.150 e. The first-order valence-electron chi connectivity index (χ1n) is 4.45. The van der Waals surface area contributed by atoms with Crippen molar-refractivity contribution in [1.82, 2.24) is 0 Å². The molecule has 1 nitrogen and oxygen atoms in total. The van der Waals surface area contributed by atoms with Crippen molar-refractivity contribution in [2.75, 3.05) is 6.54 Å². The Morgan fingerprint density at radius 2 is 1.64 bits per heavy atom. The number of nitrogens with two attached hydrogens (primary N) is 1. The fraction of sp³-hybridized carbons (Fsp3) is 1.00. The average Bonchev–Trinajstić information content (AvgIpc) is 1.85. The van der Waals surface area contributed by atoms with E-state index in [1.165, 1.54) is 31.7 Å². The summed E-state index contributed by atoms with van der Waals surface area (Å²) < 4.78 is 0. The molecule has 0 fully saturated rings. The van der Waals surface area contributed by atoms with Gasteiger partial charge in [-0.3, -0.25) is 0 Å². The molecule has 68 valence electrons. The molecule has 0 saturated heterocycles. The van der Waals surface area contributed by atoms with Gasteiger partial charge in [-0.25, -0.2) is 0 Å². The molecule has 0 spiro atoms. The lowest BCUT2D eigenvalue weighted by Gasteiger charge is -2.11. The van der Waals surface area contributed by atoms with Gasteiger partial charge >= 0.3 is 0 Å². The second-order valence-electron chi connectivity index (χ2n) is 3.67. The molecule has 0 heterocycles. The summed E-state index contributed by atoms with van der Waals surface area (Å²) in [5.74, 6) is 0. The summed E-state index contributed by atoms with van der Waals surface area (Å²) in [4.78, 5) is 0. The van der Waals surface area contributed by atoms with Gasteiger partial charge in [0.05, 0.1) is 0 Å². The highest BCUT2D eigenvalue weighted by Crippen LogP contribution is 2.18. The Kier molecular flexibility index (Phi) is 6.29. The summed E-state index contributed by atoms with van der Waals surface area (Å²) in [5.41, 5.74) is 5.38. The standard InChI is InChI=1S/C8H20ClNSi/c1-11(2,9)8-6-4-3-5-7-10/h3-8,10H2,1-2H3. The van der Waals surface area contributed by atoms with Crippen molar-refractivity contribution in [2.24, 2.45) is 5.73 Å². The molecule has 0 unspecified atom stereocenters.